The monoisotopic (exact) mass is 427 g/mol. The molecule has 3 aromatic carbocycles. The third-order valence-electron chi connectivity index (χ3n) is 5.97. The van der Waals surface area contributed by atoms with Crippen LogP contribution in [0.4, 0.5) is 0 Å². The van der Waals surface area contributed by atoms with Crippen molar-refractivity contribution in [3.8, 4) is 17.2 Å². The summed E-state index contributed by atoms with van der Waals surface area (Å²) in [5.41, 5.74) is 4.67. The lowest BCUT2D eigenvalue weighted by molar-refractivity contribution is 0.197. The van der Waals surface area contributed by atoms with Crippen LogP contribution in [0.1, 0.15) is 28.6 Å². The number of benzene rings is 3. The van der Waals surface area contributed by atoms with Gasteiger partial charge in [-0.2, -0.15) is 4.68 Å². The van der Waals surface area contributed by atoms with Gasteiger partial charge in [0.15, 0.2) is 17.3 Å². The number of ether oxygens (including phenoxy) is 2. The quantitative estimate of drug-likeness (QED) is 0.466. The molecule has 162 valence electrons. The average Bonchev–Trinajstić information content (AvgIpc) is 3.32. The maximum Gasteiger partial charge on any atom is 0.170 e. The molecule has 0 aliphatic carbocycles. The largest absolute Gasteiger partial charge is 0.493 e. The van der Waals surface area contributed by atoms with Gasteiger partial charge in [-0.1, -0.05) is 48.5 Å². The standard InChI is InChI=1S/C25H25N5O2/c1-31-22-15-19-13-14-29(17-24-26-27-28-30(24)20-11-7-4-8-12-20)25(18-9-5-3-6-10-18)21(19)16-23(22)32-2/h3-12,15-16,25H,13-14,17H2,1-2H3/t25-/m0/s1. The van der Waals surface area contributed by atoms with Crippen LogP contribution in [-0.2, 0) is 13.0 Å². The average molecular weight is 428 g/mol. The Morgan fingerprint density at radius 1 is 0.906 bits per heavy atom. The molecule has 1 aliphatic heterocycles. The summed E-state index contributed by atoms with van der Waals surface area (Å²) in [6.07, 6.45) is 0.909. The Hall–Kier alpha value is -3.71. The molecule has 0 saturated carbocycles. The topological polar surface area (TPSA) is 65.3 Å². The molecular weight excluding hydrogens is 402 g/mol. The molecule has 0 fully saturated rings. The Balaban J connectivity index is 1.56. The van der Waals surface area contributed by atoms with E-state index in [0.717, 1.165) is 36.0 Å². The zero-order valence-corrected chi connectivity index (χ0v) is 18.2. The Bertz CT molecular complexity index is 1190. The molecule has 1 aromatic heterocycles. The van der Waals surface area contributed by atoms with Crippen LogP contribution >= 0.6 is 0 Å². The first kappa shape index (κ1) is 20.2. The second-order valence-corrected chi connectivity index (χ2v) is 7.78. The molecule has 4 aromatic rings. The first-order valence-electron chi connectivity index (χ1n) is 10.6. The molecule has 0 spiro atoms. The molecule has 0 radical (unpaired) electrons. The number of para-hydroxylation sites is 1. The van der Waals surface area contributed by atoms with E-state index in [1.807, 2.05) is 41.1 Å². The number of hydrogen-bond acceptors (Lipinski definition) is 6. The fourth-order valence-electron chi connectivity index (χ4n) is 4.45. The minimum Gasteiger partial charge on any atom is -0.493 e. The molecule has 0 amide bonds. The summed E-state index contributed by atoms with van der Waals surface area (Å²) in [5, 5.41) is 12.5. The van der Waals surface area contributed by atoms with Gasteiger partial charge in [0.05, 0.1) is 32.5 Å². The minimum atomic E-state index is 0.0562. The molecule has 1 aliphatic rings. The van der Waals surface area contributed by atoms with Gasteiger partial charge < -0.3 is 9.47 Å². The van der Waals surface area contributed by atoms with Gasteiger partial charge in [-0.15, -0.1) is 5.10 Å². The van der Waals surface area contributed by atoms with Crippen molar-refractivity contribution in [2.45, 2.75) is 19.0 Å². The van der Waals surface area contributed by atoms with E-state index >= 15 is 0 Å². The molecule has 0 unspecified atom stereocenters. The van der Waals surface area contributed by atoms with Crippen molar-refractivity contribution in [3.63, 3.8) is 0 Å². The summed E-state index contributed by atoms with van der Waals surface area (Å²) in [6, 6.07) is 24.8. The van der Waals surface area contributed by atoms with E-state index in [9.17, 15) is 0 Å². The Kier molecular flexibility index (Phi) is 5.56. The van der Waals surface area contributed by atoms with Crippen molar-refractivity contribution in [3.05, 3.63) is 95.3 Å². The molecule has 7 nitrogen and oxygen atoms in total. The lowest BCUT2D eigenvalue weighted by Gasteiger charge is -2.37. The Morgan fingerprint density at radius 3 is 2.31 bits per heavy atom. The second kappa shape index (κ2) is 8.80. The van der Waals surface area contributed by atoms with Crippen LogP contribution in [0.3, 0.4) is 0 Å². The van der Waals surface area contributed by atoms with Gasteiger partial charge in [-0.25, -0.2) is 0 Å². The van der Waals surface area contributed by atoms with Gasteiger partial charge in [0.25, 0.3) is 0 Å². The number of tetrazole rings is 1. The van der Waals surface area contributed by atoms with E-state index in [1.165, 1.54) is 16.7 Å². The molecule has 1 atom stereocenters. The van der Waals surface area contributed by atoms with Crippen molar-refractivity contribution in [1.82, 2.24) is 25.1 Å². The highest BCUT2D eigenvalue weighted by atomic mass is 16.5. The number of methoxy groups -OCH3 is 2. The molecule has 32 heavy (non-hydrogen) atoms. The first-order chi connectivity index (χ1) is 15.8. The molecule has 0 N–H and O–H groups in total. The second-order valence-electron chi connectivity index (χ2n) is 7.78. The van der Waals surface area contributed by atoms with E-state index in [4.69, 9.17) is 9.47 Å². The van der Waals surface area contributed by atoms with Gasteiger partial charge in [0.2, 0.25) is 0 Å². The van der Waals surface area contributed by atoms with Gasteiger partial charge in [-0.3, -0.25) is 4.90 Å². The highest BCUT2D eigenvalue weighted by Gasteiger charge is 2.31. The summed E-state index contributed by atoms with van der Waals surface area (Å²) in [4.78, 5) is 2.43. The van der Waals surface area contributed by atoms with Crippen LogP contribution < -0.4 is 9.47 Å². The zero-order chi connectivity index (χ0) is 21.9. The number of hydrogen-bond donors (Lipinski definition) is 0. The van der Waals surface area contributed by atoms with Crippen molar-refractivity contribution < 1.29 is 9.47 Å². The molecule has 5 rings (SSSR count). The smallest absolute Gasteiger partial charge is 0.170 e. The van der Waals surface area contributed by atoms with Gasteiger partial charge >= 0.3 is 0 Å². The Morgan fingerprint density at radius 2 is 1.59 bits per heavy atom. The summed E-state index contributed by atoms with van der Waals surface area (Å²) in [5.74, 6) is 2.31. The highest BCUT2D eigenvalue weighted by Crippen LogP contribution is 2.41. The fraction of sp³-hybridized carbons (Fsp3) is 0.240. The normalized spacial score (nSPS) is 15.9. The molecule has 0 bridgehead atoms. The predicted octanol–water partition coefficient (Wildman–Crippen LogP) is 3.83. The van der Waals surface area contributed by atoms with Gasteiger partial charge in [-0.05, 0) is 57.8 Å². The lowest BCUT2D eigenvalue weighted by atomic mass is 9.87. The molecular formula is C25H25N5O2. The molecule has 7 heteroatoms. The van der Waals surface area contributed by atoms with Crippen molar-refractivity contribution in [2.75, 3.05) is 20.8 Å². The highest BCUT2D eigenvalue weighted by molar-refractivity contribution is 5.51. The predicted molar refractivity (Wildman–Crippen MR) is 121 cm³/mol. The van der Waals surface area contributed by atoms with Crippen molar-refractivity contribution in [1.29, 1.82) is 0 Å². The van der Waals surface area contributed by atoms with Crippen molar-refractivity contribution in [2.24, 2.45) is 0 Å². The molecule has 2 heterocycles. The van der Waals surface area contributed by atoms with Gasteiger partial charge in [0.1, 0.15) is 0 Å². The summed E-state index contributed by atoms with van der Waals surface area (Å²) in [6.45, 7) is 1.50. The van der Waals surface area contributed by atoms with Gasteiger partial charge in [0, 0.05) is 6.54 Å². The molecule has 0 saturated heterocycles. The third-order valence-corrected chi connectivity index (χ3v) is 5.97. The zero-order valence-electron chi connectivity index (χ0n) is 18.2. The van der Waals surface area contributed by atoms with Crippen molar-refractivity contribution >= 4 is 0 Å². The van der Waals surface area contributed by atoms with Crippen LogP contribution in [0.5, 0.6) is 11.5 Å². The van der Waals surface area contributed by atoms with E-state index in [2.05, 4.69) is 56.8 Å². The number of nitrogens with zero attached hydrogens (tertiary/aromatic N) is 5. The number of fused-ring (bicyclic) bond motifs is 1. The van der Waals surface area contributed by atoms with Crippen LogP contribution in [0.15, 0.2) is 72.8 Å². The number of aromatic nitrogens is 4. The lowest BCUT2D eigenvalue weighted by Crippen LogP contribution is -2.36. The van der Waals surface area contributed by atoms with E-state index in [1.54, 1.807) is 14.2 Å². The number of rotatable bonds is 6. The van der Waals surface area contributed by atoms with Crippen LogP contribution in [0.25, 0.3) is 5.69 Å². The summed E-state index contributed by atoms with van der Waals surface area (Å²) >= 11 is 0. The van der Waals surface area contributed by atoms with E-state index in [0.29, 0.717) is 6.54 Å². The fourth-order valence-corrected chi connectivity index (χ4v) is 4.45. The van der Waals surface area contributed by atoms with Crippen LogP contribution in [0.2, 0.25) is 0 Å². The maximum absolute atomic E-state index is 5.62. The summed E-state index contributed by atoms with van der Waals surface area (Å²) < 4.78 is 13.0. The SMILES string of the molecule is COc1cc2c(cc1OC)[C@H](c1ccccc1)N(Cc1nnnn1-c1ccccc1)CC2. The Labute approximate surface area is 187 Å². The summed E-state index contributed by atoms with van der Waals surface area (Å²) in [7, 11) is 3.35. The van der Waals surface area contributed by atoms with E-state index < -0.39 is 0 Å². The maximum atomic E-state index is 5.62. The third kappa shape index (κ3) is 3.71. The van der Waals surface area contributed by atoms with Crippen LogP contribution in [-0.4, -0.2) is 45.9 Å². The van der Waals surface area contributed by atoms with E-state index in [-0.39, 0.29) is 6.04 Å². The first-order valence-corrected chi connectivity index (χ1v) is 10.6. The minimum absolute atomic E-state index is 0.0562. The van der Waals surface area contributed by atoms with Crippen LogP contribution in [0, 0.1) is 0 Å².